The third-order valence-electron chi connectivity index (χ3n) is 5.08. The summed E-state index contributed by atoms with van der Waals surface area (Å²) >= 11 is 1.43. The van der Waals surface area contributed by atoms with Gasteiger partial charge in [0.15, 0.2) is 5.43 Å². The summed E-state index contributed by atoms with van der Waals surface area (Å²) in [6.45, 7) is 0.576. The zero-order valence-corrected chi connectivity index (χ0v) is 16.9. The molecule has 2 heterocycles. The molecule has 0 spiro atoms. The minimum Gasteiger partial charge on any atom is -0.497 e. The molecule has 1 N–H and O–H groups in total. The fraction of sp³-hybridized carbons (Fsp3) is 0.0833. The molecule has 0 bridgehead atoms. The number of fused-ring (bicyclic) bond motifs is 4. The third kappa shape index (κ3) is 3.15. The lowest BCUT2D eigenvalue weighted by atomic mass is 10.1. The van der Waals surface area contributed by atoms with Crippen LogP contribution in [0, 0.1) is 5.82 Å². The number of benzene rings is 3. The van der Waals surface area contributed by atoms with Crippen LogP contribution in [0.2, 0.25) is 0 Å². The Kier molecular flexibility index (Phi) is 4.56. The van der Waals surface area contributed by atoms with E-state index in [1.807, 2.05) is 48.5 Å². The van der Waals surface area contributed by atoms with Crippen LogP contribution >= 0.6 is 11.3 Å². The fourth-order valence-corrected chi connectivity index (χ4v) is 4.73. The molecule has 148 valence electrons. The molecule has 0 saturated carbocycles. The number of nitrogens with one attached hydrogen (secondary N) is 1. The van der Waals surface area contributed by atoms with Crippen molar-refractivity contribution in [2.24, 2.45) is 0 Å². The first-order valence-electron chi connectivity index (χ1n) is 9.45. The molecule has 0 saturated heterocycles. The van der Waals surface area contributed by atoms with Crippen molar-refractivity contribution in [3.05, 3.63) is 88.3 Å². The maximum Gasteiger partial charge on any atom is 0.196 e. The van der Waals surface area contributed by atoms with Crippen molar-refractivity contribution in [3.8, 4) is 5.75 Å². The molecule has 5 rings (SSSR count). The maximum absolute atomic E-state index is 13.9. The van der Waals surface area contributed by atoms with Crippen LogP contribution in [-0.4, -0.2) is 12.1 Å². The predicted molar refractivity (Wildman–Crippen MR) is 121 cm³/mol. The number of nitrogens with zero attached hydrogens (tertiary/aromatic N) is 1. The number of ether oxygens (including phenoxy) is 1. The largest absolute Gasteiger partial charge is 0.497 e. The van der Waals surface area contributed by atoms with Gasteiger partial charge in [0.25, 0.3) is 0 Å². The van der Waals surface area contributed by atoms with Crippen LogP contribution in [0.1, 0.15) is 5.56 Å². The van der Waals surface area contributed by atoms with E-state index >= 15 is 0 Å². The lowest BCUT2D eigenvalue weighted by Crippen LogP contribution is -2.07. The standard InChI is InChI=1S/C24H17FN2O2S/c1-29-16-8-9-19-17(12-16)21-22(28)18-11-15(25)7-10-20(18)30-23(21)24(27-19)26-13-14-5-3-2-4-6-14/h2-12H,13H2,1H3,(H,26,27). The van der Waals surface area contributed by atoms with Gasteiger partial charge >= 0.3 is 0 Å². The molecule has 6 heteroatoms. The van der Waals surface area contributed by atoms with E-state index in [0.717, 1.165) is 15.0 Å². The second kappa shape index (κ2) is 7.39. The fourth-order valence-electron chi connectivity index (χ4n) is 3.59. The lowest BCUT2D eigenvalue weighted by Gasteiger charge is -2.13. The maximum atomic E-state index is 13.9. The number of anilines is 1. The molecule has 0 amide bonds. The molecule has 30 heavy (non-hydrogen) atoms. The van der Waals surface area contributed by atoms with Crippen LogP contribution in [0.25, 0.3) is 31.1 Å². The lowest BCUT2D eigenvalue weighted by molar-refractivity contribution is 0.415. The van der Waals surface area contributed by atoms with E-state index in [2.05, 4.69) is 5.32 Å². The Hall–Kier alpha value is -3.51. The van der Waals surface area contributed by atoms with E-state index in [1.165, 1.54) is 23.5 Å². The molecule has 5 aromatic rings. The normalized spacial score (nSPS) is 11.3. The quantitative estimate of drug-likeness (QED) is 0.301. The summed E-state index contributed by atoms with van der Waals surface area (Å²) in [7, 11) is 1.58. The Morgan fingerprint density at radius 3 is 2.67 bits per heavy atom. The molecular weight excluding hydrogens is 399 g/mol. The van der Waals surface area contributed by atoms with E-state index in [4.69, 9.17) is 9.72 Å². The number of methoxy groups -OCH3 is 1. The molecule has 0 fully saturated rings. The second-order valence-corrected chi connectivity index (χ2v) is 8.01. The van der Waals surface area contributed by atoms with Gasteiger partial charge in [0.1, 0.15) is 17.4 Å². The average molecular weight is 416 g/mol. The molecule has 0 aliphatic rings. The molecule has 0 atom stereocenters. The van der Waals surface area contributed by atoms with Gasteiger partial charge in [-0.3, -0.25) is 4.79 Å². The van der Waals surface area contributed by atoms with Crippen LogP contribution in [0.15, 0.2) is 71.5 Å². The zero-order valence-electron chi connectivity index (χ0n) is 16.1. The highest BCUT2D eigenvalue weighted by atomic mass is 32.1. The number of rotatable bonds is 4. The Morgan fingerprint density at radius 1 is 1.03 bits per heavy atom. The van der Waals surface area contributed by atoms with Gasteiger partial charge in [0.2, 0.25) is 0 Å². The van der Waals surface area contributed by atoms with Crippen molar-refractivity contribution in [3.63, 3.8) is 0 Å². The number of aromatic nitrogens is 1. The summed E-state index contributed by atoms with van der Waals surface area (Å²) in [6.07, 6.45) is 0. The molecule has 0 aliphatic carbocycles. The molecule has 4 nitrogen and oxygen atoms in total. The smallest absolute Gasteiger partial charge is 0.196 e. The Morgan fingerprint density at radius 2 is 1.87 bits per heavy atom. The van der Waals surface area contributed by atoms with Crippen LogP contribution in [0.5, 0.6) is 5.75 Å². The first kappa shape index (κ1) is 18.5. The molecular formula is C24H17FN2O2S. The predicted octanol–water partition coefficient (Wildman–Crippen LogP) is 5.72. The summed E-state index contributed by atoms with van der Waals surface area (Å²) in [5, 5.41) is 4.98. The van der Waals surface area contributed by atoms with Crippen LogP contribution < -0.4 is 15.5 Å². The zero-order chi connectivity index (χ0) is 20.7. The van der Waals surface area contributed by atoms with Crippen molar-refractivity contribution in [1.29, 1.82) is 0 Å². The topological polar surface area (TPSA) is 51.2 Å². The Bertz CT molecular complexity index is 1470. The summed E-state index contributed by atoms with van der Waals surface area (Å²) in [6, 6.07) is 19.8. The molecule has 0 unspecified atom stereocenters. The van der Waals surface area contributed by atoms with Gasteiger partial charge in [0.05, 0.1) is 22.7 Å². The summed E-state index contributed by atoms with van der Waals surface area (Å²) in [5.41, 5.74) is 1.58. The van der Waals surface area contributed by atoms with Crippen molar-refractivity contribution in [2.45, 2.75) is 6.54 Å². The van der Waals surface area contributed by atoms with Gasteiger partial charge in [-0.05, 0) is 42.0 Å². The third-order valence-corrected chi connectivity index (χ3v) is 6.25. The minimum atomic E-state index is -0.426. The van der Waals surface area contributed by atoms with Gasteiger partial charge < -0.3 is 10.1 Å². The first-order valence-corrected chi connectivity index (χ1v) is 10.3. The molecule has 0 radical (unpaired) electrons. The van der Waals surface area contributed by atoms with Crippen molar-refractivity contribution < 1.29 is 9.13 Å². The average Bonchev–Trinajstić information content (AvgIpc) is 2.78. The molecule has 3 aromatic carbocycles. The highest BCUT2D eigenvalue weighted by molar-refractivity contribution is 7.25. The van der Waals surface area contributed by atoms with Crippen molar-refractivity contribution in [1.82, 2.24) is 4.98 Å². The van der Waals surface area contributed by atoms with Crippen LogP contribution in [0.3, 0.4) is 0 Å². The SMILES string of the molecule is COc1ccc2nc(NCc3ccccc3)c3sc4ccc(F)cc4c(=O)c3c2c1. The Balaban J connectivity index is 1.81. The number of hydrogen-bond donors (Lipinski definition) is 1. The summed E-state index contributed by atoms with van der Waals surface area (Å²) in [5.74, 6) is 0.851. The summed E-state index contributed by atoms with van der Waals surface area (Å²) < 4.78 is 20.7. The number of hydrogen-bond acceptors (Lipinski definition) is 5. The van der Waals surface area contributed by atoms with Gasteiger partial charge in [-0.15, -0.1) is 11.3 Å². The first-order chi connectivity index (χ1) is 14.6. The highest BCUT2D eigenvalue weighted by Gasteiger charge is 2.16. The monoisotopic (exact) mass is 416 g/mol. The molecule has 2 aromatic heterocycles. The van der Waals surface area contributed by atoms with Crippen molar-refractivity contribution in [2.75, 3.05) is 12.4 Å². The van der Waals surface area contributed by atoms with E-state index in [-0.39, 0.29) is 5.43 Å². The van der Waals surface area contributed by atoms with Gasteiger partial charge in [0, 0.05) is 22.0 Å². The van der Waals surface area contributed by atoms with Crippen LogP contribution in [0.4, 0.5) is 10.2 Å². The highest BCUT2D eigenvalue weighted by Crippen LogP contribution is 2.35. The van der Waals surface area contributed by atoms with Crippen molar-refractivity contribution >= 4 is 48.2 Å². The molecule has 0 aliphatic heterocycles. The van der Waals surface area contributed by atoms with Gasteiger partial charge in [-0.25, -0.2) is 9.37 Å². The minimum absolute atomic E-state index is 0.207. The van der Waals surface area contributed by atoms with E-state index in [1.54, 1.807) is 13.2 Å². The van der Waals surface area contributed by atoms with E-state index < -0.39 is 5.82 Å². The Labute approximate surface area is 175 Å². The van der Waals surface area contributed by atoms with E-state index in [9.17, 15) is 9.18 Å². The van der Waals surface area contributed by atoms with Gasteiger partial charge in [-0.1, -0.05) is 30.3 Å². The van der Waals surface area contributed by atoms with E-state index in [0.29, 0.717) is 39.8 Å². The van der Waals surface area contributed by atoms with Gasteiger partial charge in [-0.2, -0.15) is 0 Å². The number of pyridine rings is 1. The number of halogens is 1. The summed E-state index contributed by atoms with van der Waals surface area (Å²) in [4.78, 5) is 18.2. The second-order valence-electron chi connectivity index (χ2n) is 6.96. The van der Waals surface area contributed by atoms with Crippen LogP contribution in [-0.2, 0) is 6.54 Å².